The first kappa shape index (κ1) is 9.50. The third-order valence-corrected chi connectivity index (χ3v) is 1.66. The number of nitrogens with zero attached hydrogens (tertiary/aromatic N) is 2. The van der Waals surface area contributed by atoms with Crippen LogP contribution in [0.3, 0.4) is 0 Å². The lowest BCUT2D eigenvalue weighted by atomic mass is 10.3. The highest BCUT2D eigenvalue weighted by atomic mass is 16.1. The van der Waals surface area contributed by atoms with E-state index in [0.29, 0.717) is 0 Å². The topological polar surface area (TPSA) is 96.7 Å². The lowest BCUT2D eigenvalue weighted by Gasteiger charge is -2.09. The molecule has 0 aliphatic heterocycles. The van der Waals surface area contributed by atoms with Crippen molar-refractivity contribution in [2.24, 2.45) is 0 Å². The fourth-order valence-corrected chi connectivity index (χ4v) is 0.788. The summed E-state index contributed by atoms with van der Waals surface area (Å²) in [7, 11) is 0. The molecule has 6 heteroatoms. The molecule has 6 nitrogen and oxygen atoms in total. The van der Waals surface area contributed by atoms with Crippen molar-refractivity contribution in [3.63, 3.8) is 0 Å². The average molecular weight is 183 g/mol. The Morgan fingerprint density at radius 3 is 2.85 bits per heavy atom. The van der Waals surface area contributed by atoms with Crippen LogP contribution in [0.4, 0.5) is 11.9 Å². The SMILES string of the molecule is CCC(C)Nc1nc(N)[nH]c(=O)n1. The van der Waals surface area contributed by atoms with Crippen molar-refractivity contribution < 1.29 is 0 Å². The van der Waals surface area contributed by atoms with Gasteiger partial charge in [0.15, 0.2) is 0 Å². The molecule has 0 radical (unpaired) electrons. The molecule has 0 saturated heterocycles. The summed E-state index contributed by atoms with van der Waals surface area (Å²) in [5.41, 5.74) is 4.84. The number of nitrogen functional groups attached to an aromatic ring is 1. The van der Waals surface area contributed by atoms with Gasteiger partial charge in [-0.2, -0.15) is 9.97 Å². The summed E-state index contributed by atoms with van der Waals surface area (Å²) in [6, 6.07) is 0.223. The van der Waals surface area contributed by atoms with Crippen molar-refractivity contribution >= 4 is 11.9 Å². The summed E-state index contributed by atoms with van der Waals surface area (Å²) < 4.78 is 0. The number of anilines is 2. The van der Waals surface area contributed by atoms with Crippen LogP contribution in [0, 0.1) is 0 Å². The van der Waals surface area contributed by atoms with E-state index in [0.717, 1.165) is 6.42 Å². The maximum absolute atomic E-state index is 10.9. The summed E-state index contributed by atoms with van der Waals surface area (Å²) in [5, 5.41) is 2.95. The first-order chi connectivity index (χ1) is 6.11. The summed E-state index contributed by atoms with van der Waals surface area (Å²) in [6.07, 6.45) is 0.927. The molecule has 4 N–H and O–H groups in total. The normalized spacial score (nSPS) is 12.5. The van der Waals surface area contributed by atoms with Crippen LogP contribution in [0.25, 0.3) is 0 Å². The van der Waals surface area contributed by atoms with Crippen LogP contribution in [0.1, 0.15) is 20.3 Å². The molecule has 0 aliphatic rings. The van der Waals surface area contributed by atoms with Crippen molar-refractivity contribution in [1.29, 1.82) is 0 Å². The molecule has 0 bridgehead atoms. The van der Waals surface area contributed by atoms with Gasteiger partial charge in [-0.25, -0.2) is 4.79 Å². The Morgan fingerprint density at radius 1 is 1.62 bits per heavy atom. The Hall–Kier alpha value is -1.59. The van der Waals surface area contributed by atoms with Gasteiger partial charge in [0.05, 0.1) is 0 Å². The van der Waals surface area contributed by atoms with E-state index in [4.69, 9.17) is 5.73 Å². The molecule has 0 fully saturated rings. The Kier molecular flexibility index (Phi) is 2.84. The molecule has 1 aromatic heterocycles. The maximum Gasteiger partial charge on any atom is 0.350 e. The summed E-state index contributed by atoms with van der Waals surface area (Å²) >= 11 is 0. The number of nitrogens with two attached hydrogens (primary N) is 1. The number of rotatable bonds is 3. The molecule has 1 aromatic rings. The van der Waals surface area contributed by atoms with E-state index in [1.807, 2.05) is 13.8 Å². The molecular weight excluding hydrogens is 170 g/mol. The van der Waals surface area contributed by atoms with Crippen LogP contribution in [0.15, 0.2) is 4.79 Å². The molecule has 13 heavy (non-hydrogen) atoms. The van der Waals surface area contributed by atoms with E-state index >= 15 is 0 Å². The van der Waals surface area contributed by atoms with Crippen molar-refractivity contribution in [2.75, 3.05) is 11.1 Å². The number of nitrogens with one attached hydrogen (secondary N) is 2. The molecule has 0 spiro atoms. The molecule has 1 heterocycles. The van der Waals surface area contributed by atoms with E-state index in [-0.39, 0.29) is 17.9 Å². The highest BCUT2D eigenvalue weighted by Gasteiger charge is 2.02. The summed E-state index contributed by atoms with van der Waals surface area (Å²) in [6.45, 7) is 3.99. The van der Waals surface area contributed by atoms with Gasteiger partial charge in [0.2, 0.25) is 11.9 Å². The van der Waals surface area contributed by atoms with Gasteiger partial charge in [0.25, 0.3) is 0 Å². The quantitative estimate of drug-likeness (QED) is 0.610. The second-order valence-corrected chi connectivity index (χ2v) is 2.82. The van der Waals surface area contributed by atoms with Gasteiger partial charge in [-0.15, -0.1) is 0 Å². The largest absolute Gasteiger partial charge is 0.369 e. The van der Waals surface area contributed by atoms with Gasteiger partial charge in [0, 0.05) is 6.04 Å². The Bertz CT molecular complexity index is 334. The molecular formula is C7H13N5O. The first-order valence-electron chi connectivity index (χ1n) is 4.12. The lowest BCUT2D eigenvalue weighted by molar-refractivity contribution is 0.749. The molecule has 0 aliphatic carbocycles. The highest BCUT2D eigenvalue weighted by molar-refractivity contribution is 5.29. The van der Waals surface area contributed by atoms with Gasteiger partial charge in [0.1, 0.15) is 0 Å². The molecule has 0 saturated carbocycles. The molecule has 0 amide bonds. The minimum Gasteiger partial charge on any atom is -0.369 e. The Morgan fingerprint density at radius 2 is 2.31 bits per heavy atom. The average Bonchev–Trinajstić information content (AvgIpc) is 2.02. The Balaban J connectivity index is 2.83. The van der Waals surface area contributed by atoms with Crippen molar-refractivity contribution in [3.8, 4) is 0 Å². The van der Waals surface area contributed by atoms with Crippen LogP contribution >= 0.6 is 0 Å². The second-order valence-electron chi connectivity index (χ2n) is 2.82. The highest BCUT2D eigenvalue weighted by Crippen LogP contribution is 2.00. The number of hydrogen-bond donors (Lipinski definition) is 3. The number of aromatic nitrogens is 3. The van der Waals surface area contributed by atoms with Gasteiger partial charge in [-0.3, -0.25) is 4.98 Å². The standard InChI is InChI=1S/C7H13N5O/c1-3-4(2)9-6-10-5(8)11-7(13)12-6/h4H,3H2,1-2H3,(H4,8,9,10,11,12,13). The van der Waals surface area contributed by atoms with Crippen LogP contribution in [0.5, 0.6) is 0 Å². The van der Waals surface area contributed by atoms with Gasteiger partial charge < -0.3 is 11.1 Å². The van der Waals surface area contributed by atoms with Crippen LogP contribution < -0.4 is 16.7 Å². The van der Waals surface area contributed by atoms with E-state index in [2.05, 4.69) is 20.3 Å². The number of aromatic amines is 1. The second kappa shape index (κ2) is 3.88. The fourth-order valence-electron chi connectivity index (χ4n) is 0.788. The van der Waals surface area contributed by atoms with Crippen LogP contribution in [-0.2, 0) is 0 Å². The van der Waals surface area contributed by atoms with E-state index in [1.54, 1.807) is 0 Å². The van der Waals surface area contributed by atoms with Crippen molar-refractivity contribution in [3.05, 3.63) is 10.5 Å². The fraction of sp³-hybridized carbons (Fsp3) is 0.571. The van der Waals surface area contributed by atoms with E-state index in [9.17, 15) is 4.79 Å². The summed E-state index contributed by atoms with van der Waals surface area (Å²) in [5.74, 6) is 0.349. The zero-order chi connectivity index (χ0) is 9.84. The number of H-pyrrole nitrogens is 1. The smallest absolute Gasteiger partial charge is 0.350 e. The third-order valence-electron chi connectivity index (χ3n) is 1.66. The van der Waals surface area contributed by atoms with E-state index in [1.165, 1.54) is 0 Å². The van der Waals surface area contributed by atoms with Crippen LogP contribution in [-0.4, -0.2) is 21.0 Å². The molecule has 1 unspecified atom stereocenters. The van der Waals surface area contributed by atoms with Crippen LogP contribution in [0.2, 0.25) is 0 Å². The third kappa shape index (κ3) is 2.73. The van der Waals surface area contributed by atoms with Gasteiger partial charge in [-0.1, -0.05) is 6.92 Å². The molecule has 1 rings (SSSR count). The van der Waals surface area contributed by atoms with Crippen molar-refractivity contribution in [2.45, 2.75) is 26.3 Å². The zero-order valence-electron chi connectivity index (χ0n) is 7.66. The van der Waals surface area contributed by atoms with E-state index < -0.39 is 5.69 Å². The lowest BCUT2D eigenvalue weighted by Crippen LogP contribution is -2.22. The van der Waals surface area contributed by atoms with Crippen molar-refractivity contribution in [1.82, 2.24) is 15.0 Å². The maximum atomic E-state index is 10.9. The zero-order valence-corrected chi connectivity index (χ0v) is 7.66. The first-order valence-corrected chi connectivity index (χ1v) is 4.12. The number of hydrogen-bond acceptors (Lipinski definition) is 5. The van der Waals surface area contributed by atoms with Gasteiger partial charge in [-0.05, 0) is 13.3 Å². The Labute approximate surface area is 75.6 Å². The summed E-state index contributed by atoms with van der Waals surface area (Å²) in [4.78, 5) is 20.5. The molecule has 0 aromatic carbocycles. The predicted molar refractivity (Wildman–Crippen MR) is 50.4 cm³/mol. The molecule has 72 valence electrons. The minimum absolute atomic E-state index is 0.0748. The minimum atomic E-state index is -0.488. The predicted octanol–water partition coefficient (Wildman–Crippen LogP) is -0.0425. The molecule has 1 atom stereocenters. The monoisotopic (exact) mass is 183 g/mol. The van der Waals surface area contributed by atoms with Gasteiger partial charge >= 0.3 is 5.69 Å².